The first-order valence-corrected chi connectivity index (χ1v) is 10.5. The molecule has 7 nitrogen and oxygen atoms in total. The molecular weight excluding hydrogens is 364 g/mol. The molecule has 2 aliphatic heterocycles. The number of carbonyl (C=O) groups is 1. The summed E-state index contributed by atoms with van der Waals surface area (Å²) in [7, 11) is -3.39. The smallest absolute Gasteiger partial charge is 0.256 e. The molecule has 0 saturated heterocycles. The number of hydrogen-bond acceptors (Lipinski definition) is 5. The van der Waals surface area contributed by atoms with Gasteiger partial charge in [-0.3, -0.25) is 4.79 Å². The number of nitrogens with zero attached hydrogens (tertiary/aromatic N) is 2. The highest BCUT2D eigenvalue weighted by Gasteiger charge is 2.25. The van der Waals surface area contributed by atoms with Crippen LogP contribution in [0.15, 0.2) is 58.7 Å². The van der Waals surface area contributed by atoms with Crippen molar-refractivity contribution in [3.8, 4) is 0 Å². The zero-order valence-electron chi connectivity index (χ0n) is 15.4. The molecule has 0 bridgehead atoms. The van der Waals surface area contributed by atoms with E-state index in [-0.39, 0.29) is 17.7 Å². The molecule has 1 unspecified atom stereocenters. The molecule has 1 atom stereocenters. The van der Waals surface area contributed by atoms with Crippen LogP contribution in [0.2, 0.25) is 0 Å². The van der Waals surface area contributed by atoms with Gasteiger partial charge in [0.1, 0.15) is 5.84 Å². The van der Waals surface area contributed by atoms with E-state index in [2.05, 4.69) is 28.9 Å². The van der Waals surface area contributed by atoms with Gasteiger partial charge in [0.15, 0.2) is 0 Å². The summed E-state index contributed by atoms with van der Waals surface area (Å²) in [5, 5.41) is 6.40. The number of nitrogens with one attached hydrogen (secondary N) is 2. The predicted molar refractivity (Wildman–Crippen MR) is 107 cm³/mol. The van der Waals surface area contributed by atoms with Gasteiger partial charge in [0.25, 0.3) is 15.9 Å². The third-order valence-corrected chi connectivity index (χ3v) is 5.66. The fraction of sp³-hybridized carbons (Fsp3) is 0.368. The van der Waals surface area contributed by atoms with Crippen LogP contribution >= 0.6 is 0 Å². The number of carbonyl (C=O) groups excluding carboxylic acids is 1. The van der Waals surface area contributed by atoms with Gasteiger partial charge in [-0.05, 0) is 30.2 Å². The second-order valence-corrected chi connectivity index (χ2v) is 8.67. The van der Waals surface area contributed by atoms with Crippen molar-refractivity contribution in [3.05, 3.63) is 54.3 Å². The van der Waals surface area contributed by atoms with Crippen molar-refractivity contribution < 1.29 is 13.2 Å². The fourth-order valence-electron chi connectivity index (χ4n) is 2.84. The first kappa shape index (κ1) is 19.2. The molecule has 1 amide bonds. The Balaban J connectivity index is 1.62. The number of anilines is 1. The highest BCUT2D eigenvalue weighted by molar-refractivity contribution is 7.90. The first-order valence-electron chi connectivity index (χ1n) is 8.93. The average Bonchev–Trinajstić information content (AvgIpc) is 2.64. The summed E-state index contributed by atoms with van der Waals surface area (Å²) >= 11 is 0. The van der Waals surface area contributed by atoms with Crippen molar-refractivity contribution in [2.45, 2.75) is 19.9 Å². The molecule has 2 N–H and O–H groups in total. The van der Waals surface area contributed by atoms with E-state index in [0.29, 0.717) is 30.4 Å². The van der Waals surface area contributed by atoms with Crippen LogP contribution in [0, 0.1) is 5.92 Å². The molecule has 3 rings (SSSR count). The summed E-state index contributed by atoms with van der Waals surface area (Å²) in [6.45, 7) is 4.98. The molecule has 0 fully saturated rings. The number of para-hydroxylation sites is 1. The standard InChI is InChI=1S/C19H24N4O3S/c1-14(2)17(21-16-6-4-3-5-7-16)12-20-19(24)15-8-9-18-22-27(25,26)11-10-23(18)13-15/h3-9,13-14,17,21H,10-12H2,1-2H3,(H,20,24). The number of amidine groups is 1. The van der Waals surface area contributed by atoms with E-state index in [4.69, 9.17) is 0 Å². The van der Waals surface area contributed by atoms with Crippen LogP contribution in [0.1, 0.15) is 13.8 Å². The Morgan fingerprint density at radius 1 is 1.22 bits per heavy atom. The normalized spacial score (nSPS) is 19.0. The maximum Gasteiger partial charge on any atom is 0.256 e. The van der Waals surface area contributed by atoms with Crippen molar-refractivity contribution in [2.75, 3.05) is 24.2 Å². The molecule has 2 aliphatic rings. The average molecular weight is 388 g/mol. The van der Waals surface area contributed by atoms with Gasteiger partial charge in [-0.1, -0.05) is 32.0 Å². The summed E-state index contributed by atoms with van der Waals surface area (Å²) in [4.78, 5) is 14.2. The van der Waals surface area contributed by atoms with Crippen molar-refractivity contribution in [1.82, 2.24) is 10.2 Å². The largest absolute Gasteiger partial charge is 0.380 e. The van der Waals surface area contributed by atoms with E-state index < -0.39 is 10.0 Å². The second-order valence-electron chi connectivity index (χ2n) is 6.92. The Bertz CT molecular complexity index is 889. The minimum atomic E-state index is -3.39. The third-order valence-electron chi connectivity index (χ3n) is 4.50. The predicted octanol–water partition coefficient (Wildman–Crippen LogP) is 1.74. The van der Waals surface area contributed by atoms with Crippen LogP contribution in [0.5, 0.6) is 0 Å². The molecular formula is C19H24N4O3S. The van der Waals surface area contributed by atoms with E-state index in [1.807, 2.05) is 30.3 Å². The van der Waals surface area contributed by atoms with Crippen molar-refractivity contribution in [2.24, 2.45) is 10.3 Å². The fourth-order valence-corrected chi connectivity index (χ4v) is 3.81. The van der Waals surface area contributed by atoms with Gasteiger partial charge in [0.05, 0.1) is 11.3 Å². The summed E-state index contributed by atoms with van der Waals surface area (Å²) in [5.74, 6) is 0.432. The van der Waals surface area contributed by atoms with Crippen LogP contribution in [0.3, 0.4) is 0 Å². The Labute approximate surface area is 159 Å². The van der Waals surface area contributed by atoms with Gasteiger partial charge in [0, 0.05) is 31.0 Å². The van der Waals surface area contributed by atoms with Gasteiger partial charge in [-0.15, -0.1) is 4.40 Å². The van der Waals surface area contributed by atoms with Gasteiger partial charge < -0.3 is 15.5 Å². The van der Waals surface area contributed by atoms with Gasteiger partial charge in [0.2, 0.25) is 0 Å². The molecule has 144 valence electrons. The first-order chi connectivity index (χ1) is 12.8. The molecule has 2 heterocycles. The lowest BCUT2D eigenvalue weighted by atomic mass is 10.0. The van der Waals surface area contributed by atoms with E-state index in [1.54, 1.807) is 23.3 Å². The topological polar surface area (TPSA) is 90.9 Å². The Morgan fingerprint density at radius 2 is 1.96 bits per heavy atom. The van der Waals surface area contributed by atoms with Crippen molar-refractivity contribution >= 4 is 27.5 Å². The lowest BCUT2D eigenvalue weighted by Crippen LogP contribution is -2.41. The zero-order chi connectivity index (χ0) is 19.4. The monoisotopic (exact) mass is 388 g/mol. The maximum atomic E-state index is 12.5. The highest BCUT2D eigenvalue weighted by atomic mass is 32.2. The molecule has 0 radical (unpaired) electrons. The van der Waals surface area contributed by atoms with Gasteiger partial charge in [-0.2, -0.15) is 0 Å². The van der Waals surface area contributed by atoms with E-state index >= 15 is 0 Å². The highest BCUT2D eigenvalue weighted by Crippen LogP contribution is 2.16. The molecule has 1 aromatic carbocycles. The van der Waals surface area contributed by atoms with Crippen LogP contribution in [-0.4, -0.2) is 49.9 Å². The van der Waals surface area contributed by atoms with Crippen LogP contribution in [0.4, 0.5) is 5.69 Å². The molecule has 0 spiro atoms. The minimum Gasteiger partial charge on any atom is -0.380 e. The van der Waals surface area contributed by atoms with Crippen molar-refractivity contribution in [3.63, 3.8) is 0 Å². The number of fused-ring (bicyclic) bond motifs is 1. The van der Waals surface area contributed by atoms with E-state index in [0.717, 1.165) is 5.69 Å². The Morgan fingerprint density at radius 3 is 2.67 bits per heavy atom. The van der Waals surface area contributed by atoms with Crippen molar-refractivity contribution in [1.29, 1.82) is 0 Å². The van der Waals surface area contributed by atoms with Gasteiger partial charge in [-0.25, -0.2) is 8.42 Å². The zero-order valence-corrected chi connectivity index (χ0v) is 16.2. The number of sulfonamides is 1. The molecule has 8 heteroatoms. The molecule has 27 heavy (non-hydrogen) atoms. The van der Waals surface area contributed by atoms with Crippen LogP contribution < -0.4 is 10.6 Å². The summed E-state index contributed by atoms with van der Waals surface area (Å²) < 4.78 is 26.8. The van der Waals surface area contributed by atoms with Crippen LogP contribution in [0.25, 0.3) is 0 Å². The summed E-state index contributed by atoms with van der Waals surface area (Å²) in [6, 6.07) is 9.97. The number of benzene rings is 1. The SMILES string of the molecule is CC(C)C(CNC(=O)C1=CN2CCS(=O)(=O)N=C2C=C1)Nc1ccccc1. The molecule has 0 aromatic heterocycles. The number of rotatable bonds is 6. The maximum absolute atomic E-state index is 12.5. The summed E-state index contributed by atoms with van der Waals surface area (Å²) in [6.07, 6.45) is 4.81. The third kappa shape index (κ3) is 4.97. The quantitative estimate of drug-likeness (QED) is 0.775. The summed E-state index contributed by atoms with van der Waals surface area (Å²) in [5.41, 5.74) is 1.49. The lowest BCUT2D eigenvalue weighted by molar-refractivity contribution is -0.117. The van der Waals surface area contributed by atoms with Gasteiger partial charge >= 0.3 is 0 Å². The minimum absolute atomic E-state index is 0.0494. The lowest BCUT2D eigenvalue weighted by Gasteiger charge is -2.27. The molecule has 0 saturated carbocycles. The Kier molecular flexibility index (Phi) is 5.65. The van der Waals surface area contributed by atoms with E-state index in [9.17, 15) is 13.2 Å². The van der Waals surface area contributed by atoms with Crippen LogP contribution in [-0.2, 0) is 14.8 Å². The molecule has 0 aliphatic carbocycles. The second kappa shape index (κ2) is 7.96. The van der Waals surface area contributed by atoms with E-state index in [1.165, 1.54) is 0 Å². The molecule has 1 aromatic rings. The Hall–Kier alpha value is -2.61. The number of hydrogen-bond donors (Lipinski definition) is 2. The number of amides is 1.